The minimum atomic E-state index is -3.55. The smallest absolute Gasteiger partial charge is 0.244 e. The maximum Gasteiger partial charge on any atom is 0.244 e. The molecule has 0 amide bonds. The zero-order valence-electron chi connectivity index (χ0n) is 12.6. The lowest BCUT2D eigenvalue weighted by molar-refractivity contribution is 0.341. The van der Waals surface area contributed by atoms with Crippen molar-refractivity contribution in [3.63, 3.8) is 0 Å². The van der Waals surface area contributed by atoms with Crippen LogP contribution in [0.15, 0.2) is 17.2 Å². The Morgan fingerprint density at radius 3 is 2.62 bits per heavy atom. The zero-order valence-corrected chi connectivity index (χ0v) is 14.2. The van der Waals surface area contributed by atoms with Gasteiger partial charge in [0, 0.05) is 25.3 Å². The standard InChI is InChI=1S/C14H22ClN3O2S/c1-4-16-14-13(15)7-12(8-17-14)21(19,20)18(10(2)3)9-11-5-6-11/h7-8,10-11H,4-6,9H2,1-3H3,(H,16,17). The van der Waals surface area contributed by atoms with Gasteiger partial charge in [0.1, 0.15) is 10.7 Å². The average Bonchev–Trinajstić information content (AvgIpc) is 3.22. The van der Waals surface area contributed by atoms with Crippen LogP contribution in [0.1, 0.15) is 33.6 Å². The van der Waals surface area contributed by atoms with E-state index in [9.17, 15) is 8.42 Å². The predicted molar refractivity (Wildman–Crippen MR) is 85.2 cm³/mol. The second-order valence-corrected chi connectivity index (χ2v) is 7.94. The van der Waals surface area contributed by atoms with E-state index in [2.05, 4.69) is 10.3 Å². The van der Waals surface area contributed by atoms with Crippen LogP contribution in [0.4, 0.5) is 5.82 Å². The number of pyridine rings is 1. The summed E-state index contributed by atoms with van der Waals surface area (Å²) in [5.74, 6) is 1.00. The van der Waals surface area contributed by atoms with E-state index in [0.717, 1.165) is 12.8 Å². The van der Waals surface area contributed by atoms with Gasteiger partial charge in [0.2, 0.25) is 10.0 Å². The van der Waals surface area contributed by atoms with Gasteiger partial charge < -0.3 is 5.32 Å². The van der Waals surface area contributed by atoms with Gasteiger partial charge >= 0.3 is 0 Å². The lowest BCUT2D eigenvalue weighted by atomic mass is 10.3. The fourth-order valence-electron chi connectivity index (χ4n) is 2.14. The first-order valence-electron chi connectivity index (χ1n) is 7.27. The van der Waals surface area contributed by atoms with Crippen molar-refractivity contribution in [2.24, 2.45) is 5.92 Å². The highest BCUT2D eigenvalue weighted by atomic mass is 35.5. The summed E-state index contributed by atoms with van der Waals surface area (Å²) in [7, 11) is -3.55. The highest BCUT2D eigenvalue weighted by molar-refractivity contribution is 7.89. The van der Waals surface area contributed by atoms with Crippen LogP contribution >= 0.6 is 11.6 Å². The van der Waals surface area contributed by atoms with Gasteiger partial charge in [-0.3, -0.25) is 0 Å². The molecule has 0 aromatic carbocycles. The first kappa shape index (κ1) is 16.5. The van der Waals surface area contributed by atoms with E-state index in [4.69, 9.17) is 11.6 Å². The first-order chi connectivity index (χ1) is 9.86. The van der Waals surface area contributed by atoms with Crippen molar-refractivity contribution in [1.82, 2.24) is 9.29 Å². The molecule has 1 N–H and O–H groups in total. The molecule has 0 unspecified atom stereocenters. The van der Waals surface area contributed by atoms with Gasteiger partial charge in [-0.1, -0.05) is 11.6 Å². The van der Waals surface area contributed by atoms with Crippen LogP contribution < -0.4 is 5.32 Å². The van der Waals surface area contributed by atoms with Crippen LogP contribution in [0, 0.1) is 5.92 Å². The molecule has 1 aromatic rings. The Morgan fingerprint density at radius 2 is 2.14 bits per heavy atom. The Labute approximate surface area is 131 Å². The van der Waals surface area contributed by atoms with E-state index in [0.29, 0.717) is 29.8 Å². The third-order valence-corrected chi connectivity index (χ3v) is 5.77. The Balaban J connectivity index is 2.30. The van der Waals surface area contributed by atoms with Gasteiger partial charge in [0.05, 0.1) is 5.02 Å². The normalized spacial score (nSPS) is 15.7. The SMILES string of the molecule is CCNc1ncc(S(=O)(=O)N(CC2CC2)C(C)C)cc1Cl. The summed E-state index contributed by atoms with van der Waals surface area (Å²) >= 11 is 6.11. The first-order valence-corrected chi connectivity index (χ1v) is 9.09. The van der Waals surface area contributed by atoms with Gasteiger partial charge in [-0.2, -0.15) is 4.31 Å². The summed E-state index contributed by atoms with van der Waals surface area (Å²) in [5.41, 5.74) is 0. The largest absolute Gasteiger partial charge is 0.369 e. The van der Waals surface area contributed by atoms with Gasteiger partial charge in [-0.05, 0) is 45.6 Å². The molecule has 0 aliphatic heterocycles. The van der Waals surface area contributed by atoms with Gasteiger partial charge in [-0.15, -0.1) is 0 Å². The number of sulfonamides is 1. The van der Waals surface area contributed by atoms with E-state index in [1.165, 1.54) is 12.3 Å². The van der Waals surface area contributed by atoms with E-state index >= 15 is 0 Å². The van der Waals surface area contributed by atoms with Crippen molar-refractivity contribution in [3.8, 4) is 0 Å². The molecule has 21 heavy (non-hydrogen) atoms. The molecule has 118 valence electrons. The molecular weight excluding hydrogens is 310 g/mol. The summed E-state index contributed by atoms with van der Waals surface area (Å²) in [6.45, 7) is 6.97. The van der Waals surface area contributed by atoms with Crippen LogP contribution in [-0.2, 0) is 10.0 Å². The summed E-state index contributed by atoms with van der Waals surface area (Å²) in [6.07, 6.45) is 3.59. The molecule has 0 saturated heterocycles. The maximum absolute atomic E-state index is 12.8. The van der Waals surface area contributed by atoms with Gasteiger partial charge in [0.25, 0.3) is 0 Å². The zero-order chi connectivity index (χ0) is 15.6. The lowest BCUT2D eigenvalue weighted by Crippen LogP contribution is -2.38. The number of anilines is 1. The van der Waals surface area contributed by atoms with Crippen LogP contribution in [-0.4, -0.2) is 36.8 Å². The molecule has 0 atom stereocenters. The molecule has 1 aliphatic rings. The van der Waals surface area contributed by atoms with Gasteiger partial charge in [-0.25, -0.2) is 13.4 Å². The Morgan fingerprint density at radius 1 is 1.48 bits per heavy atom. The summed E-state index contributed by atoms with van der Waals surface area (Å²) in [4.78, 5) is 4.28. The quantitative estimate of drug-likeness (QED) is 0.834. The van der Waals surface area contributed by atoms with Crippen molar-refractivity contribution >= 4 is 27.4 Å². The van der Waals surface area contributed by atoms with Crippen LogP contribution in [0.25, 0.3) is 0 Å². The molecule has 1 aromatic heterocycles. The molecule has 1 aliphatic carbocycles. The third kappa shape index (κ3) is 3.87. The summed E-state index contributed by atoms with van der Waals surface area (Å²) in [5, 5.41) is 3.32. The second kappa shape index (κ2) is 6.50. The molecular formula is C14H22ClN3O2S. The second-order valence-electron chi connectivity index (χ2n) is 5.64. The highest BCUT2D eigenvalue weighted by Crippen LogP contribution is 2.33. The minimum absolute atomic E-state index is 0.0807. The average molecular weight is 332 g/mol. The molecule has 0 bridgehead atoms. The van der Waals surface area contributed by atoms with E-state index in [1.54, 1.807) is 4.31 Å². The van der Waals surface area contributed by atoms with Crippen molar-refractivity contribution < 1.29 is 8.42 Å². The number of hydrogen-bond acceptors (Lipinski definition) is 4. The molecule has 1 fully saturated rings. The van der Waals surface area contributed by atoms with E-state index in [1.807, 2.05) is 20.8 Å². The Kier molecular flexibility index (Phi) is 5.11. The minimum Gasteiger partial charge on any atom is -0.369 e. The topological polar surface area (TPSA) is 62.3 Å². The third-order valence-electron chi connectivity index (χ3n) is 3.48. The van der Waals surface area contributed by atoms with E-state index in [-0.39, 0.29) is 10.9 Å². The molecule has 2 rings (SSSR count). The molecule has 0 spiro atoms. The van der Waals surface area contributed by atoms with E-state index < -0.39 is 10.0 Å². The van der Waals surface area contributed by atoms with Crippen LogP contribution in [0.3, 0.4) is 0 Å². The summed E-state index contributed by atoms with van der Waals surface area (Å²) in [6, 6.07) is 1.40. The molecule has 1 heterocycles. The van der Waals surface area contributed by atoms with Gasteiger partial charge in [0.15, 0.2) is 0 Å². The van der Waals surface area contributed by atoms with Crippen LogP contribution in [0.5, 0.6) is 0 Å². The predicted octanol–water partition coefficient (Wildman–Crippen LogP) is 2.98. The lowest BCUT2D eigenvalue weighted by Gasteiger charge is -2.26. The van der Waals surface area contributed by atoms with Crippen molar-refractivity contribution in [2.45, 2.75) is 44.6 Å². The highest BCUT2D eigenvalue weighted by Gasteiger charge is 2.33. The molecule has 0 radical (unpaired) electrons. The van der Waals surface area contributed by atoms with Crippen molar-refractivity contribution in [2.75, 3.05) is 18.4 Å². The maximum atomic E-state index is 12.8. The molecule has 1 saturated carbocycles. The van der Waals surface area contributed by atoms with Crippen LogP contribution in [0.2, 0.25) is 5.02 Å². The number of halogens is 1. The number of nitrogens with one attached hydrogen (secondary N) is 1. The summed E-state index contributed by atoms with van der Waals surface area (Å²) < 4.78 is 27.1. The number of aromatic nitrogens is 1. The molecule has 7 heteroatoms. The van der Waals surface area contributed by atoms with Crippen molar-refractivity contribution in [1.29, 1.82) is 0 Å². The van der Waals surface area contributed by atoms with Crippen molar-refractivity contribution in [3.05, 3.63) is 17.3 Å². The fourth-order valence-corrected chi connectivity index (χ4v) is 4.12. The number of nitrogens with zero attached hydrogens (tertiary/aromatic N) is 2. The fraction of sp³-hybridized carbons (Fsp3) is 0.643. The number of rotatable bonds is 7. The number of hydrogen-bond donors (Lipinski definition) is 1. The Hall–Kier alpha value is -0.850. The Bertz CT molecular complexity index is 600. The monoisotopic (exact) mass is 331 g/mol. The molecule has 5 nitrogen and oxygen atoms in total.